The van der Waals surface area contributed by atoms with E-state index in [0.29, 0.717) is 13.2 Å². The number of furan rings is 1. The van der Waals surface area contributed by atoms with Crippen molar-refractivity contribution in [2.24, 2.45) is 0 Å². The standard InChI is InChI=1S/C21H30N2O3/c1-7-25-20-16(4)21-18(15(3)13-26-21)12-17(20)14(2)11-19(24)22-9-8-10-23(5)6/h11-13H,7-10H2,1-6H3,(H,22,24)/b14-11+. The number of benzene rings is 1. The summed E-state index contributed by atoms with van der Waals surface area (Å²) in [6.07, 6.45) is 4.33. The van der Waals surface area contributed by atoms with E-state index in [4.69, 9.17) is 9.15 Å². The molecule has 1 heterocycles. The lowest BCUT2D eigenvalue weighted by Crippen LogP contribution is -2.25. The average Bonchev–Trinajstić information content (AvgIpc) is 2.95. The fourth-order valence-corrected chi connectivity index (χ4v) is 2.99. The zero-order valence-corrected chi connectivity index (χ0v) is 16.7. The highest BCUT2D eigenvalue weighted by Crippen LogP contribution is 2.37. The van der Waals surface area contributed by atoms with Gasteiger partial charge in [-0.2, -0.15) is 0 Å². The lowest BCUT2D eigenvalue weighted by Gasteiger charge is -2.14. The van der Waals surface area contributed by atoms with E-state index in [2.05, 4.69) is 16.3 Å². The summed E-state index contributed by atoms with van der Waals surface area (Å²) in [7, 11) is 4.05. The van der Waals surface area contributed by atoms with Crippen molar-refractivity contribution in [1.82, 2.24) is 10.2 Å². The number of aryl methyl sites for hydroxylation is 2. The molecule has 5 nitrogen and oxygen atoms in total. The van der Waals surface area contributed by atoms with Gasteiger partial charge in [-0.15, -0.1) is 0 Å². The van der Waals surface area contributed by atoms with E-state index >= 15 is 0 Å². The third kappa shape index (κ3) is 4.67. The molecule has 0 saturated carbocycles. The van der Waals surface area contributed by atoms with Crippen molar-refractivity contribution < 1.29 is 13.9 Å². The molecule has 5 heteroatoms. The van der Waals surface area contributed by atoms with E-state index in [1.807, 2.05) is 41.8 Å². The Morgan fingerprint density at radius 1 is 1.35 bits per heavy atom. The maximum atomic E-state index is 12.2. The minimum Gasteiger partial charge on any atom is -0.493 e. The van der Waals surface area contributed by atoms with Crippen LogP contribution in [0.1, 0.15) is 37.0 Å². The van der Waals surface area contributed by atoms with E-state index in [9.17, 15) is 4.79 Å². The van der Waals surface area contributed by atoms with Gasteiger partial charge in [-0.3, -0.25) is 4.79 Å². The predicted octanol–water partition coefficient (Wildman–Crippen LogP) is 3.92. The largest absolute Gasteiger partial charge is 0.493 e. The van der Waals surface area contributed by atoms with Crippen molar-refractivity contribution in [3.05, 3.63) is 35.1 Å². The first-order valence-electron chi connectivity index (χ1n) is 9.10. The molecule has 1 aromatic carbocycles. The molecule has 2 rings (SSSR count). The third-order valence-electron chi connectivity index (χ3n) is 4.38. The number of nitrogens with zero attached hydrogens (tertiary/aromatic N) is 1. The van der Waals surface area contributed by atoms with Gasteiger partial charge in [-0.1, -0.05) is 0 Å². The smallest absolute Gasteiger partial charge is 0.244 e. The van der Waals surface area contributed by atoms with Gasteiger partial charge in [-0.25, -0.2) is 0 Å². The highest BCUT2D eigenvalue weighted by atomic mass is 16.5. The van der Waals surface area contributed by atoms with Gasteiger partial charge in [0.1, 0.15) is 11.3 Å². The second kappa shape index (κ2) is 8.90. The second-order valence-corrected chi connectivity index (χ2v) is 6.88. The summed E-state index contributed by atoms with van der Waals surface area (Å²) in [5.74, 6) is 0.703. The summed E-state index contributed by atoms with van der Waals surface area (Å²) in [5, 5.41) is 4.00. The van der Waals surface area contributed by atoms with Crippen molar-refractivity contribution >= 4 is 22.4 Å². The topological polar surface area (TPSA) is 54.7 Å². The minimum atomic E-state index is -0.0784. The van der Waals surface area contributed by atoms with Gasteiger partial charge in [0, 0.05) is 29.1 Å². The number of rotatable bonds is 8. The van der Waals surface area contributed by atoms with Crippen LogP contribution in [0.2, 0.25) is 0 Å². The number of amides is 1. The Balaban J connectivity index is 2.27. The molecule has 0 aliphatic heterocycles. The molecular formula is C21H30N2O3. The van der Waals surface area contributed by atoms with Crippen molar-refractivity contribution in [2.45, 2.75) is 34.1 Å². The number of ether oxygens (including phenoxy) is 1. The molecule has 26 heavy (non-hydrogen) atoms. The molecule has 0 bridgehead atoms. The van der Waals surface area contributed by atoms with E-state index in [1.165, 1.54) is 0 Å². The lowest BCUT2D eigenvalue weighted by atomic mass is 9.98. The summed E-state index contributed by atoms with van der Waals surface area (Å²) in [6, 6.07) is 2.05. The molecular weight excluding hydrogens is 328 g/mol. The summed E-state index contributed by atoms with van der Waals surface area (Å²) in [4.78, 5) is 14.3. The minimum absolute atomic E-state index is 0.0784. The third-order valence-corrected chi connectivity index (χ3v) is 4.38. The van der Waals surface area contributed by atoms with Gasteiger partial charge >= 0.3 is 0 Å². The molecule has 0 unspecified atom stereocenters. The summed E-state index contributed by atoms with van der Waals surface area (Å²) < 4.78 is 11.6. The van der Waals surface area contributed by atoms with Crippen molar-refractivity contribution in [3.8, 4) is 5.75 Å². The molecule has 0 saturated heterocycles. The molecule has 0 fully saturated rings. The van der Waals surface area contributed by atoms with Crippen LogP contribution >= 0.6 is 0 Å². The highest BCUT2D eigenvalue weighted by molar-refractivity contribution is 5.98. The first-order valence-corrected chi connectivity index (χ1v) is 9.10. The Kier molecular flexibility index (Phi) is 6.86. The second-order valence-electron chi connectivity index (χ2n) is 6.88. The summed E-state index contributed by atoms with van der Waals surface area (Å²) >= 11 is 0. The normalized spacial score (nSPS) is 12.0. The van der Waals surface area contributed by atoms with Gasteiger partial charge in [0.15, 0.2) is 0 Å². The number of fused-ring (bicyclic) bond motifs is 1. The Bertz CT molecular complexity index is 803. The van der Waals surface area contributed by atoms with Crippen LogP contribution in [0.25, 0.3) is 16.5 Å². The van der Waals surface area contributed by atoms with Crippen LogP contribution in [0, 0.1) is 13.8 Å². The SMILES string of the molecule is CCOc1c(/C(C)=C/C(=O)NCCCN(C)C)cc2c(C)coc2c1C. The Morgan fingerprint density at radius 3 is 2.73 bits per heavy atom. The van der Waals surface area contributed by atoms with Crippen molar-refractivity contribution in [2.75, 3.05) is 33.8 Å². The van der Waals surface area contributed by atoms with E-state index in [0.717, 1.165) is 51.9 Å². The first kappa shape index (κ1) is 20.0. The molecule has 2 aromatic rings. The Labute approximate surface area is 156 Å². The zero-order chi connectivity index (χ0) is 19.3. The quantitative estimate of drug-likeness (QED) is 0.574. The molecule has 1 amide bonds. The van der Waals surface area contributed by atoms with Gasteiger partial charge < -0.3 is 19.4 Å². The fourth-order valence-electron chi connectivity index (χ4n) is 2.99. The van der Waals surface area contributed by atoms with Crippen LogP contribution in [0.5, 0.6) is 5.75 Å². The maximum Gasteiger partial charge on any atom is 0.244 e. The lowest BCUT2D eigenvalue weighted by molar-refractivity contribution is -0.116. The van der Waals surface area contributed by atoms with Crippen LogP contribution in [-0.4, -0.2) is 44.6 Å². The van der Waals surface area contributed by atoms with E-state index in [1.54, 1.807) is 12.3 Å². The molecule has 1 N–H and O–H groups in total. The molecule has 142 valence electrons. The zero-order valence-electron chi connectivity index (χ0n) is 16.7. The van der Waals surface area contributed by atoms with E-state index in [-0.39, 0.29) is 5.91 Å². The van der Waals surface area contributed by atoms with Crippen molar-refractivity contribution in [1.29, 1.82) is 0 Å². The van der Waals surface area contributed by atoms with Gasteiger partial charge in [-0.05, 0) is 72.0 Å². The first-order chi connectivity index (χ1) is 12.3. The van der Waals surface area contributed by atoms with Crippen LogP contribution in [0.15, 0.2) is 22.8 Å². The number of nitrogens with one attached hydrogen (secondary N) is 1. The monoisotopic (exact) mass is 358 g/mol. The van der Waals surface area contributed by atoms with Crippen LogP contribution < -0.4 is 10.1 Å². The average molecular weight is 358 g/mol. The highest BCUT2D eigenvalue weighted by Gasteiger charge is 2.17. The van der Waals surface area contributed by atoms with Crippen molar-refractivity contribution in [3.63, 3.8) is 0 Å². The molecule has 0 aliphatic rings. The number of hydrogen-bond acceptors (Lipinski definition) is 4. The Morgan fingerprint density at radius 2 is 2.08 bits per heavy atom. The van der Waals surface area contributed by atoms with Crippen LogP contribution in [-0.2, 0) is 4.79 Å². The Hall–Kier alpha value is -2.27. The molecule has 0 aliphatic carbocycles. The molecule has 1 aromatic heterocycles. The summed E-state index contributed by atoms with van der Waals surface area (Å²) in [6.45, 7) is 10.1. The number of allylic oxidation sites excluding steroid dienone is 1. The van der Waals surface area contributed by atoms with Crippen LogP contribution in [0.4, 0.5) is 0 Å². The summed E-state index contributed by atoms with van der Waals surface area (Å²) in [5.41, 5.74) is 4.70. The molecule has 0 spiro atoms. The maximum absolute atomic E-state index is 12.2. The van der Waals surface area contributed by atoms with E-state index < -0.39 is 0 Å². The number of carbonyl (C=O) groups excluding carboxylic acids is 1. The van der Waals surface area contributed by atoms with Gasteiger partial charge in [0.05, 0.1) is 12.9 Å². The predicted molar refractivity (Wildman–Crippen MR) is 107 cm³/mol. The number of carbonyl (C=O) groups is 1. The molecule has 0 atom stereocenters. The number of hydrogen-bond donors (Lipinski definition) is 1. The fraction of sp³-hybridized carbons (Fsp3) is 0.476. The van der Waals surface area contributed by atoms with Crippen LogP contribution in [0.3, 0.4) is 0 Å². The molecule has 0 radical (unpaired) electrons. The van der Waals surface area contributed by atoms with Gasteiger partial charge in [0.2, 0.25) is 5.91 Å². The van der Waals surface area contributed by atoms with Gasteiger partial charge in [0.25, 0.3) is 0 Å².